The predicted octanol–water partition coefficient (Wildman–Crippen LogP) is 6.58. The molecule has 3 nitrogen and oxygen atoms in total. The molecular weight excluding hydrogens is 372 g/mol. The van der Waals surface area contributed by atoms with E-state index in [9.17, 15) is 9.59 Å². The first-order chi connectivity index (χ1) is 14.6. The Balaban J connectivity index is 1.47. The lowest BCUT2D eigenvalue weighted by atomic mass is 9.98. The summed E-state index contributed by atoms with van der Waals surface area (Å²) in [5, 5.41) is 0. The summed E-state index contributed by atoms with van der Waals surface area (Å²) in [6.45, 7) is 1.55. The van der Waals surface area contributed by atoms with Crippen LogP contribution in [0.4, 0.5) is 0 Å². The van der Waals surface area contributed by atoms with Crippen LogP contribution in [0, 0.1) is 0 Å². The van der Waals surface area contributed by atoms with Crippen LogP contribution in [0.5, 0.6) is 11.5 Å². The highest BCUT2D eigenvalue weighted by Crippen LogP contribution is 2.24. The molecule has 3 heteroatoms. The molecular formula is C27H20O3. The summed E-state index contributed by atoms with van der Waals surface area (Å²) >= 11 is 0. The van der Waals surface area contributed by atoms with Gasteiger partial charge in [-0.05, 0) is 54.4 Å². The summed E-state index contributed by atoms with van der Waals surface area (Å²) < 4.78 is 5.77. The van der Waals surface area contributed by atoms with Crippen molar-refractivity contribution in [2.24, 2.45) is 0 Å². The SMILES string of the molecule is CC(=O)c1ccc(-c2ccc(C(=O)c3ccc(Oc4ccccc4)cc3)cc2)cc1. The molecule has 0 unspecified atom stereocenters. The minimum atomic E-state index is -0.0419. The van der Waals surface area contributed by atoms with E-state index in [0.29, 0.717) is 22.4 Å². The van der Waals surface area contributed by atoms with Crippen molar-refractivity contribution in [3.63, 3.8) is 0 Å². The number of rotatable bonds is 6. The number of carbonyl (C=O) groups excluding carboxylic acids is 2. The third-order valence-electron chi connectivity index (χ3n) is 4.87. The van der Waals surface area contributed by atoms with Crippen molar-refractivity contribution in [3.05, 3.63) is 120 Å². The Bertz CT molecular complexity index is 1160. The first kappa shape index (κ1) is 19.3. The lowest BCUT2D eigenvalue weighted by Crippen LogP contribution is -2.01. The van der Waals surface area contributed by atoms with Gasteiger partial charge in [0.2, 0.25) is 0 Å². The van der Waals surface area contributed by atoms with Gasteiger partial charge in [-0.2, -0.15) is 0 Å². The second-order valence-electron chi connectivity index (χ2n) is 6.98. The van der Waals surface area contributed by atoms with Crippen LogP contribution in [0.1, 0.15) is 33.2 Å². The molecule has 0 amide bonds. The molecule has 0 aliphatic heterocycles. The van der Waals surface area contributed by atoms with Crippen LogP contribution in [0.15, 0.2) is 103 Å². The third kappa shape index (κ3) is 4.36. The van der Waals surface area contributed by atoms with E-state index in [1.807, 2.05) is 78.9 Å². The van der Waals surface area contributed by atoms with E-state index in [2.05, 4.69) is 0 Å². The van der Waals surface area contributed by atoms with Gasteiger partial charge < -0.3 is 4.74 Å². The fraction of sp³-hybridized carbons (Fsp3) is 0.0370. The Morgan fingerprint density at radius 1 is 0.533 bits per heavy atom. The van der Waals surface area contributed by atoms with Gasteiger partial charge in [-0.1, -0.05) is 66.7 Å². The van der Waals surface area contributed by atoms with Crippen molar-refractivity contribution >= 4 is 11.6 Å². The maximum Gasteiger partial charge on any atom is 0.193 e. The number of ketones is 2. The Hall–Kier alpha value is -3.98. The Labute approximate surface area is 175 Å². The fourth-order valence-electron chi connectivity index (χ4n) is 3.18. The summed E-state index contributed by atoms with van der Waals surface area (Å²) in [5.41, 5.74) is 3.91. The van der Waals surface area contributed by atoms with Crippen molar-refractivity contribution in [1.29, 1.82) is 0 Å². The van der Waals surface area contributed by atoms with E-state index >= 15 is 0 Å². The van der Waals surface area contributed by atoms with E-state index in [1.54, 1.807) is 31.2 Å². The Kier molecular flexibility index (Phi) is 5.53. The Morgan fingerprint density at radius 3 is 1.47 bits per heavy atom. The average Bonchev–Trinajstić information content (AvgIpc) is 2.80. The average molecular weight is 392 g/mol. The topological polar surface area (TPSA) is 43.4 Å². The standard InChI is InChI=1S/C27H20O3/c1-19(28)20-7-9-21(10-8-20)22-11-13-23(14-12-22)27(29)24-15-17-26(18-16-24)30-25-5-3-2-4-6-25/h2-18H,1H3. The quantitative estimate of drug-likeness (QED) is 0.348. The minimum Gasteiger partial charge on any atom is -0.457 e. The first-order valence-corrected chi connectivity index (χ1v) is 9.69. The summed E-state index contributed by atoms with van der Waals surface area (Å²) in [6, 6.07) is 31.6. The van der Waals surface area contributed by atoms with Gasteiger partial charge in [0.25, 0.3) is 0 Å². The molecule has 0 atom stereocenters. The first-order valence-electron chi connectivity index (χ1n) is 9.69. The number of hydrogen-bond donors (Lipinski definition) is 0. The van der Waals surface area contributed by atoms with E-state index in [4.69, 9.17) is 4.74 Å². The normalized spacial score (nSPS) is 10.4. The fourth-order valence-corrected chi connectivity index (χ4v) is 3.18. The molecule has 0 aromatic heterocycles. The number of carbonyl (C=O) groups is 2. The molecule has 0 aliphatic carbocycles. The summed E-state index contributed by atoms with van der Waals surface area (Å²) in [4.78, 5) is 24.2. The molecule has 0 saturated heterocycles. The maximum atomic E-state index is 12.8. The van der Waals surface area contributed by atoms with Crippen LogP contribution in [-0.4, -0.2) is 11.6 Å². The molecule has 0 N–H and O–H groups in total. The van der Waals surface area contributed by atoms with Crippen LogP contribution in [0.3, 0.4) is 0 Å². The molecule has 0 bridgehead atoms. The number of ether oxygens (including phenoxy) is 1. The summed E-state index contributed by atoms with van der Waals surface area (Å²) in [5.74, 6) is 1.44. The third-order valence-corrected chi connectivity index (χ3v) is 4.87. The highest BCUT2D eigenvalue weighted by molar-refractivity contribution is 6.09. The summed E-state index contributed by atoms with van der Waals surface area (Å²) in [6.07, 6.45) is 0. The van der Waals surface area contributed by atoms with Gasteiger partial charge in [-0.3, -0.25) is 9.59 Å². The molecule has 30 heavy (non-hydrogen) atoms. The van der Waals surface area contributed by atoms with E-state index < -0.39 is 0 Å². The number of para-hydroxylation sites is 1. The van der Waals surface area contributed by atoms with Gasteiger partial charge in [0.15, 0.2) is 11.6 Å². The van der Waals surface area contributed by atoms with Crippen LogP contribution in [0.25, 0.3) is 11.1 Å². The molecule has 0 fully saturated rings. The molecule has 146 valence electrons. The van der Waals surface area contributed by atoms with Crippen molar-refractivity contribution in [1.82, 2.24) is 0 Å². The van der Waals surface area contributed by atoms with Gasteiger partial charge in [0.1, 0.15) is 11.5 Å². The monoisotopic (exact) mass is 392 g/mol. The molecule has 0 saturated carbocycles. The second-order valence-corrected chi connectivity index (χ2v) is 6.98. The van der Waals surface area contributed by atoms with Crippen molar-refractivity contribution in [3.8, 4) is 22.6 Å². The van der Waals surface area contributed by atoms with Crippen LogP contribution >= 0.6 is 0 Å². The highest BCUT2D eigenvalue weighted by atomic mass is 16.5. The maximum absolute atomic E-state index is 12.8. The van der Waals surface area contributed by atoms with E-state index in [0.717, 1.165) is 16.9 Å². The zero-order valence-electron chi connectivity index (χ0n) is 16.5. The van der Waals surface area contributed by atoms with E-state index in [-0.39, 0.29) is 11.6 Å². The minimum absolute atomic E-state index is 0.0419. The Morgan fingerprint density at radius 2 is 0.967 bits per heavy atom. The van der Waals surface area contributed by atoms with Crippen LogP contribution < -0.4 is 4.74 Å². The molecule has 0 spiro atoms. The molecule has 4 aromatic carbocycles. The van der Waals surface area contributed by atoms with Crippen LogP contribution in [-0.2, 0) is 0 Å². The zero-order chi connectivity index (χ0) is 20.9. The number of Topliss-reactive ketones (excluding diaryl/α,β-unsaturated/α-hetero) is 1. The highest BCUT2D eigenvalue weighted by Gasteiger charge is 2.10. The van der Waals surface area contributed by atoms with Gasteiger partial charge in [-0.15, -0.1) is 0 Å². The van der Waals surface area contributed by atoms with Gasteiger partial charge in [0, 0.05) is 16.7 Å². The number of benzene rings is 4. The van der Waals surface area contributed by atoms with Crippen LogP contribution in [0.2, 0.25) is 0 Å². The van der Waals surface area contributed by atoms with Crippen molar-refractivity contribution in [2.75, 3.05) is 0 Å². The molecule has 0 heterocycles. The zero-order valence-corrected chi connectivity index (χ0v) is 16.5. The lowest BCUT2D eigenvalue weighted by Gasteiger charge is -2.07. The summed E-state index contributed by atoms with van der Waals surface area (Å²) in [7, 11) is 0. The van der Waals surface area contributed by atoms with Crippen molar-refractivity contribution < 1.29 is 14.3 Å². The second kappa shape index (κ2) is 8.58. The molecule has 4 aromatic rings. The molecule has 0 radical (unpaired) electrons. The smallest absolute Gasteiger partial charge is 0.193 e. The molecule has 0 aliphatic rings. The van der Waals surface area contributed by atoms with Crippen molar-refractivity contribution in [2.45, 2.75) is 6.92 Å². The van der Waals surface area contributed by atoms with Gasteiger partial charge in [-0.25, -0.2) is 0 Å². The molecule has 4 rings (SSSR count). The predicted molar refractivity (Wildman–Crippen MR) is 118 cm³/mol. The van der Waals surface area contributed by atoms with Gasteiger partial charge in [0.05, 0.1) is 0 Å². The largest absolute Gasteiger partial charge is 0.457 e. The lowest BCUT2D eigenvalue weighted by molar-refractivity contribution is 0.101. The van der Waals surface area contributed by atoms with E-state index in [1.165, 1.54) is 0 Å². The number of hydrogen-bond acceptors (Lipinski definition) is 3. The van der Waals surface area contributed by atoms with Gasteiger partial charge >= 0.3 is 0 Å².